The monoisotopic (exact) mass is 306 g/mol. The SMILES string of the molecule is CN(C)C(=O)c1cccc(C(=O)NC(CO)CC(C)(C)C)c1. The van der Waals surface area contributed by atoms with Crippen LogP contribution in [0.3, 0.4) is 0 Å². The van der Waals surface area contributed by atoms with Crippen LogP contribution in [0.25, 0.3) is 0 Å². The molecule has 1 rings (SSSR count). The Balaban J connectivity index is 2.85. The minimum atomic E-state index is -0.305. The molecule has 0 saturated heterocycles. The minimum Gasteiger partial charge on any atom is -0.394 e. The molecule has 0 aliphatic rings. The van der Waals surface area contributed by atoms with E-state index in [0.717, 1.165) is 0 Å². The van der Waals surface area contributed by atoms with Crippen LogP contribution < -0.4 is 5.32 Å². The molecule has 1 unspecified atom stereocenters. The van der Waals surface area contributed by atoms with Crippen LogP contribution in [0.2, 0.25) is 0 Å². The second kappa shape index (κ2) is 7.40. The van der Waals surface area contributed by atoms with Gasteiger partial charge in [-0.1, -0.05) is 26.8 Å². The fourth-order valence-electron chi connectivity index (χ4n) is 2.22. The van der Waals surface area contributed by atoms with Gasteiger partial charge in [0.2, 0.25) is 0 Å². The first-order valence-corrected chi connectivity index (χ1v) is 7.37. The molecule has 5 heteroatoms. The van der Waals surface area contributed by atoms with E-state index < -0.39 is 0 Å². The normalized spacial score (nSPS) is 12.6. The van der Waals surface area contributed by atoms with Gasteiger partial charge in [-0.2, -0.15) is 0 Å². The standard InChI is InChI=1S/C17H26N2O3/c1-17(2,3)10-14(11-20)18-15(21)12-7-6-8-13(9-12)16(22)19(4)5/h6-9,14,20H,10-11H2,1-5H3,(H,18,21). The van der Waals surface area contributed by atoms with Gasteiger partial charge in [0.25, 0.3) is 11.8 Å². The van der Waals surface area contributed by atoms with Crippen molar-refractivity contribution in [3.63, 3.8) is 0 Å². The van der Waals surface area contributed by atoms with Crippen molar-refractivity contribution in [2.24, 2.45) is 5.41 Å². The van der Waals surface area contributed by atoms with Gasteiger partial charge >= 0.3 is 0 Å². The van der Waals surface area contributed by atoms with E-state index in [1.807, 2.05) is 0 Å². The quantitative estimate of drug-likeness (QED) is 0.873. The zero-order chi connectivity index (χ0) is 16.9. The molecule has 5 nitrogen and oxygen atoms in total. The van der Waals surface area contributed by atoms with E-state index in [1.54, 1.807) is 38.4 Å². The van der Waals surface area contributed by atoms with Gasteiger partial charge in [-0.15, -0.1) is 0 Å². The number of carbonyl (C=O) groups is 2. The van der Waals surface area contributed by atoms with E-state index in [2.05, 4.69) is 26.1 Å². The highest BCUT2D eigenvalue weighted by Crippen LogP contribution is 2.20. The molecule has 2 N–H and O–H groups in total. The third kappa shape index (κ3) is 5.48. The van der Waals surface area contributed by atoms with Gasteiger partial charge in [-0.3, -0.25) is 9.59 Å². The summed E-state index contributed by atoms with van der Waals surface area (Å²) >= 11 is 0. The molecule has 0 radical (unpaired) electrons. The molecule has 0 heterocycles. The summed E-state index contributed by atoms with van der Waals surface area (Å²) in [6.45, 7) is 6.05. The van der Waals surface area contributed by atoms with Crippen LogP contribution in [0.4, 0.5) is 0 Å². The number of aliphatic hydroxyl groups is 1. The fourth-order valence-corrected chi connectivity index (χ4v) is 2.22. The number of rotatable bonds is 5. The maximum absolute atomic E-state index is 12.3. The molecule has 0 aliphatic heterocycles. The summed E-state index contributed by atoms with van der Waals surface area (Å²) < 4.78 is 0. The van der Waals surface area contributed by atoms with Crippen LogP contribution in [-0.2, 0) is 0 Å². The molecule has 0 aromatic heterocycles. The van der Waals surface area contributed by atoms with Crippen molar-refractivity contribution in [3.8, 4) is 0 Å². The predicted octanol–water partition coefficient (Wildman–Crippen LogP) is 1.92. The summed E-state index contributed by atoms with van der Waals surface area (Å²) in [4.78, 5) is 25.7. The molecule has 2 amide bonds. The lowest BCUT2D eigenvalue weighted by atomic mass is 9.88. The van der Waals surface area contributed by atoms with E-state index in [1.165, 1.54) is 4.90 Å². The fraction of sp³-hybridized carbons (Fsp3) is 0.529. The summed E-state index contributed by atoms with van der Waals surface area (Å²) in [5.74, 6) is -0.431. The maximum atomic E-state index is 12.3. The second-order valence-corrected chi connectivity index (χ2v) is 6.90. The van der Waals surface area contributed by atoms with Crippen molar-refractivity contribution in [2.75, 3.05) is 20.7 Å². The summed E-state index contributed by atoms with van der Waals surface area (Å²) in [5, 5.41) is 12.2. The number of carbonyl (C=O) groups excluding carboxylic acids is 2. The molecular weight excluding hydrogens is 280 g/mol. The lowest BCUT2D eigenvalue weighted by Gasteiger charge is -2.25. The predicted molar refractivity (Wildman–Crippen MR) is 86.9 cm³/mol. The van der Waals surface area contributed by atoms with Gasteiger partial charge in [0.05, 0.1) is 12.6 Å². The lowest BCUT2D eigenvalue weighted by molar-refractivity contribution is 0.0827. The highest BCUT2D eigenvalue weighted by Gasteiger charge is 2.21. The Labute approximate surface area is 132 Å². The molecule has 22 heavy (non-hydrogen) atoms. The van der Waals surface area contributed by atoms with E-state index in [4.69, 9.17) is 0 Å². The third-order valence-corrected chi connectivity index (χ3v) is 3.19. The Morgan fingerprint density at radius 1 is 1.23 bits per heavy atom. The number of nitrogens with zero attached hydrogens (tertiary/aromatic N) is 1. The molecule has 1 aromatic carbocycles. The van der Waals surface area contributed by atoms with E-state index in [-0.39, 0.29) is 29.9 Å². The van der Waals surface area contributed by atoms with Crippen molar-refractivity contribution in [1.29, 1.82) is 0 Å². The molecule has 122 valence electrons. The molecule has 0 spiro atoms. The van der Waals surface area contributed by atoms with Crippen LogP contribution in [0, 0.1) is 5.41 Å². The number of nitrogens with one attached hydrogen (secondary N) is 1. The first kappa shape index (κ1) is 18.2. The second-order valence-electron chi connectivity index (χ2n) is 6.90. The van der Waals surface area contributed by atoms with Gasteiger partial charge < -0.3 is 15.3 Å². The van der Waals surface area contributed by atoms with Crippen LogP contribution in [-0.4, -0.2) is 48.6 Å². The van der Waals surface area contributed by atoms with Crippen molar-refractivity contribution >= 4 is 11.8 Å². The Morgan fingerprint density at radius 3 is 2.32 bits per heavy atom. The van der Waals surface area contributed by atoms with Crippen LogP contribution >= 0.6 is 0 Å². The maximum Gasteiger partial charge on any atom is 0.253 e. The smallest absolute Gasteiger partial charge is 0.253 e. The van der Waals surface area contributed by atoms with Crippen LogP contribution in [0.5, 0.6) is 0 Å². The zero-order valence-electron chi connectivity index (χ0n) is 14.0. The first-order chi connectivity index (χ1) is 10.1. The van der Waals surface area contributed by atoms with Gasteiger partial charge in [0.15, 0.2) is 0 Å². The van der Waals surface area contributed by atoms with Gasteiger partial charge in [0.1, 0.15) is 0 Å². The number of hydrogen-bond acceptors (Lipinski definition) is 3. The molecule has 0 bridgehead atoms. The average Bonchev–Trinajstić information content (AvgIpc) is 2.44. The summed E-state index contributed by atoms with van der Waals surface area (Å²) in [7, 11) is 3.33. The van der Waals surface area contributed by atoms with E-state index in [9.17, 15) is 14.7 Å². The molecule has 0 fully saturated rings. The first-order valence-electron chi connectivity index (χ1n) is 7.37. The van der Waals surface area contributed by atoms with Gasteiger partial charge in [-0.25, -0.2) is 0 Å². The van der Waals surface area contributed by atoms with Crippen molar-refractivity contribution < 1.29 is 14.7 Å². The van der Waals surface area contributed by atoms with Crippen LogP contribution in [0.1, 0.15) is 47.9 Å². The molecule has 0 saturated carbocycles. The highest BCUT2D eigenvalue weighted by molar-refractivity contribution is 5.99. The van der Waals surface area contributed by atoms with Crippen molar-refractivity contribution in [3.05, 3.63) is 35.4 Å². The summed E-state index contributed by atoms with van der Waals surface area (Å²) in [6.07, 6.45) is 0.672. The van der Waals surface area contributed by atoms with Crippen molar-refractivity contribution in [2.45, 2.75) is 33.2 Å². The zero-order valence-corrected chi connectivity index (χ0v) is 14.0. The number of benzene rings is 1. The lowest BCUT2D eigenvalue weighted by Crippen LogP contribution is -2.40. The van der Waals surface area contributed by atoms with Gasteiger partial charge in [-0.05, 0) is 30.0 Å². The number of hydrogen-bond donors (Lipinski definition) is 2. The van der Waals surface area contributed by atoms with Crippen LogP contribution in [0.15, 0.2) is 24.3 Å². The number of amides is 2. The Bertz CT molecular complexity index is 533. The van der Waals surface area contributed by atoms with Crippen molar-refractivity contribution in [1.82, 2.24) is 10.2 Å². The molecular formula is C17H26N2O3. The van der Waals surface area contributed by atoms with E-state index >= 15 is 0 Å². The average molecular weight is 306 g/mol. The Kier molecular flexibility index (Phi) is 6.11. The topological polar surface area (TPSA) is 69.6 Å². The summed E-state index contributed by atoms with van der Waals surface area (Å²) in [6, 6.07) is 6.29. The summed E-state index contributed by atoms with van der Waals surface area (Å²) in [5.41, 5.74) is 0.887. The highest BCUT2D eigenvalue weighted by atomic mass is 16.3. The third-order valence-electron chi connectivity index (χ3n) is 3.19. The minimum absolute atomic E-state index is 0.00339. The number of aliphatic hydroxyl groups excluding tert-OH is 1. The molecule has 0 aliphatic carbocycles. The van der Waals surface area contributed by atoms with Gasteiger partial charge in [0, 0.05) is 25.2 Å². The largest absolute Gasteiger partial charge is 0.394 e. The Hall–Kier alpha value is -1.88. The molecule has 1 atom stereocenters. The molecule has 1 aromatic rings. The van der Waals surface area contributed by atoms with E-state index in [0.29, 0.717) is 17.5 Å². The Morgan fingerprint density at radius 2 is 1.82 bits per heavy atom.